The Bertz CT molecular complexity index is 206. The molecule has 0 saturated heterocycles. The Balaban J connectivity index is 3.13. The van der Waals surface area contributed by atoms with Crippen molar-refractivity contribution in [2.75, 3.05) is 12.3 Å². The fraction of sp³-hybridized carbons (Fsp3) is 1.00. The van der Waals surface area contributed by atoms with Crippen LogP contribution in [-0.2, 0) is 11.8 Å². The van der Waals surface area contributed by atoms with E-state index in [-0.39, 0.29) is 0 Å². The van der Waals surface area contributed by atoms with E-state index < -0.39 is 6.70 Å². The van der Waals surface area contributed by atoms with Gasteiger partial charge in [0, 0.05) is 0 Å². The molecule has 0 N–H and O–H groups in total. The Morgan fingerprint density at radius 2 is 0.727 bits per heavy atom. The van der Waals surface area contributed by atoms with Gasteiger partial charge in [-0.1, -0.05) is 110 Å². The molecule has 0 aromatic rings. The molecule has 0 aromatic heterocycles. The van der Waals surface area contributed by atoms with Gasteiger partial charge in [-0.15, -0.1) is 11.8 Å². The van der Waals surface area contributed by atoms with Gasteiger partial charge in [0.2, 0.25) is 0 Å². The van der Waals surface area contributed by atoms with Crippen molar-refractivity contribution in [2.45, 2.75) is 117 Å². The smallest absolute Gasteiger partial charge is 0.0260 e. The van der Waals surface area contributed by atoms with Gasteiger partial charge >= 0.3 is 0 Å². The largest absolute Gasteiger partial charge is 0.101 e. The summed E-state index contributed by atoms with van der Waals surface area (Å²) in [4.78, 5) is 0. The second-order valence-corrected chi connectivity index (χ2v) is 10.8. The summed E-state index contributed by atoms with van der Waals surface area (Å²) in [6, 6.07) is 0. The molecule has 0 rings (SSSR count). The van der Waals surface area contributed by atoms with Crippen molar-refractivity contribution in [3.63, 3.8) is 0 Å². The average Bonchev–Trinajstić information content (AvgIpc) is 2.52. The van der Waals surface area contributed by atoms with Crippen LogP contribution in [0.4, 0.5) is 0 Å². The van der Waals surface area contributed by atoms with Gasteiger partial charge in [-0.2, -0.15) is 0 Å². The van der Waals surface area contributed by atoms with Gasteiger partial charge in [-0.05, 0) is 25.2 Å². The predicted molar refractivity (Wildman–Crippen MR) is 111 cm³/mol. The van der Waals surface area contributed by atoms with Crippen molar-refractivity contribution >= 4 is 18.5 Å². The highest BCUT2D eigenvalue weighted by Crippen LogP contribution is 2.25. The van der Waals surface area contributed by atoms with E-state index in [1.54, 1.807) is 0 Å². The lowest BCUT2D eigenvalue weighted by Gasteiger charge is -2.06. The third kappa shape index (κ3) is 18.7. The van der Waals surface area contributed by atoms with Crippen LogP contribution in [0.25, 0.3) is 0 Å². The zero-order valence-electron chi connectivity index (χ0n) is 15.6. The molecule has 0 aromatic carbocycles. The van der Waals surface area contributed by atoms with Gasteiger partial charge in [-0.3, -0.25) is 0 Å². The Morgan fingerprint density at radius 3 is 1.05 bits per heavy atom. The van der Waals surface area contributed by atoms with E-state index >= 15 is 0 Å². The van der Waals surface area contributed by atoms with Crippen LogP contribution < -0.4 is 0 Å². The highest BCUT2D eigenvalue weighted by Gasteiger charge is 1.98. The van der Waals surface area contributed by atoms with Gasteiger partial charge < -0.3 is 0 Å². The maximum Gasteiger partial charge on any atom is -0.0260 e. The molecule has 0 bridgehead atoms. The summed E-state index contributed by atoms with van der Waals surface area (Å²) in [5.74, 6) is 0. The van der Waals surface area contributed by atoms with Crippen molar-refractivity contribution in [1.82, 2.24) is 0 Å². The van der Waals surface area contributed by atoms with E-state index in [1.807, 2.05) is 0 Å². The van der Waals surface area contributed by atoms with Gasteiger partial charge in [-0.25, -0.2) is 0 Å². The van der Waals surface area contributed by atoms with Crippen LogP contribution >= 0.6 is 6.70 Å². The second kappa shape index (κ2) is 19.7. The molecule has 0 aliphatic carbocycles. The molecule has 0 aliphatic rings. The zero-order chi connectivity index (χ0) is 16.3. The lowest BCUT2D eigenvalue weighted by Crippen LogP contribution is -1.87. The molecule has 134 valence electrons. The normalized spacial score (nSPS) is 11.4. The summed E-state index contributed by atoms with van der Waals surface area (Å²) in [5.41, 5.74) is 0. The first kappa shape index (κ1) is 22.6. The zero-order valence-corrected chi connectivity index (χ0v) is 17.5. The Kier molecular flexibility index (Phi) is 20.3. The summed E-state index contributed by atoms with van der Waals surface area (Å²) in [7, 11) is 0. The first-order chi connectivity index (χ1) is 10.8. The molecule has 0 saturated carbocycles. The fourth-order valence-corrected chi connectivity index (χ4v) is 5.44. The molecule has 0 radical (unpaired) electrons. The van der Waals surface area contributed by atoms with Crippen LogP contribution in [0.15, 0.2) is 0 Å². The lowest BCUT2D eigenvalue weighted by molar-refractivity contribution is 0.584. The SMILES string of the molecule is CCCCCCCCCC[PH](=S)CCCCCCCCCC. The molecule has 2 heteroatoms. The van der Waals surface area contributed by atoms with Crippen molar-refractivity contribution in [3.8, 4) is 0 Å². The summed E-state index contributed by atoms with van der Waals surface area (Å²) in [6.07, 6.45) is 25.7. The average molecular weight is 347 g/mol. The summed E-state index contributed by atoms with van der Waals surface area (Å²) in [6.45, 7) is 4.17. The third-order valence-electron chi connectivity index (χ3n) is 4.62. The van der Waals surface area contributed by atoms with Crippen molar-refractivity contribution < 1.29 is 0 Å². The van der Waals surface area contributed by atoms with Gasteiger partial charge in [0.05, 0.1) is 0 Å². The van der Waals surface area contributed by atoms with Crippen LogP contribution in [0.3, 0.4) is 0 Å². The topological polar surface area (TPSA) is 0 Å². The molecular weight excluding hydrogens is 303 g/mol. The first-order valence-corrected chi connectivity index (χ1v) is 13.4. The second-order valence-electron chi connectivity index (χ2n) is 6.99. The van der Waals surface area contributed by atoms with Crippen LogP contribution in [-0.4, -0.2) is 12.3 Å². The van der Waals surface area contributed by atoms with Gasteiger partial charge in [0.15, 0.2) is 0 Å². The minimum absolute atomic E-state index is 0.408. The molecule has 22 heavy (non-hydrogen) atoms. The molecule has 0 aliphatic heterocycles. The molecule has 0 amide bonds. The van der Waals surface area contributed by atoms with E-state index in [4.69, 9.17) is 11.8 Å². The lowest BCUT2D eigenvalue weighted by atomic mass is 10.1. The molecule has 0 spiro atoms. The van der Waals surface area contributed by atoms with E-state index in [1.165, 1.54) is 115 Å². The Labute approximate surface area is 147 Å². The van der Waals surface area contributed by atoms with E-state index in [9.17, 15) is 0 Å². The maximum absolute atomic E-state index is 5.71. The quantitative estimate of drug-likeness (QED) is 0.179. The number of rotatable bonds is 18. The molecule has 0 nitrogen and oxygen atoms in total. The summed E-state index contributed by atoms with van der Waals surface area (Å²) < 4.78 is 0. The maximum atomic E-state index is 5.71. The summed E-state index contributed by atoms with van der Waals surface area (Å²) >= 11 is 5.71. The van der Waals surface area contributed by atoms with Gasteiger partial charge in [0.25, 0.3) is 0 Å². The highest BCUT2D eigenvalue weighted by molar-refractivity contribution is 8.05. The molecule has 0 heterocycles. The van der Waals surface area contributed by atoms with Crippen LogP contribution in [0.1, 0.15) is 117 Å². The van der Waals surface area contributed by atoms with Crippen LogP contribution in [0.2, 0.25) is 0 Å². The number of unbranched alkanes of at least 4 members (excludes halogenated alkanes) is 14. The fourth-order valence-electron chi connectivity index (χ4n) is 3.04. The monoisotopic (exact) mass is 346 g/mol. The van der Waals surface area contributed by atoms with Crippen molar-refractivity contribution in [2.24, 2.45) is 0 Å². The number of hydrogen-bond acceptors (Lipinski definition) is 1. The van der Waals surface area contributed by atoms with Gasteiger partial charge in [0.1, 0.15) is 0 Å². The van der Waals surface area contributed by atoms with Crippen molar-refractivity contribution in [3.05, 3.63) is 0 Å². The predicted octanol–water partition coefficient (Wildman–Crippen LogP) is 7.94. The van der Waals surface area contributed by atoms with Crippen LogP contribution in [0.5, 0.6) is 0 Å². The highest BCUT2D eigenvalue weighted by atomic mass is 32.4. The Hall–Kier alpha value is 0.650. The standard InChI is InChI=1S/C20H43PS/c1-3-5-7-9-11-13-15-17-19-21(22)20-18-16-14-12-10-8-6-4-2/h21H,3-20H2,1-2H3. The van der Waals surface area contributed by atoms with E-state index in [2.05, 4.69) is 13.8 Å². The van der Waals surface area contributed by atoms with E-state index in [0.717, 1.165) is 0 Å². The molecule has 0 fully saturated rings. The minimum Gasteiger partial charge on any atom is -0.101 e. The summed E-state index contributed by atoms with van der Waals surface area (Å²) in [5, 5.41) is 0. The molecule has 0 unspecified atom stereocenters. The third-order valence-corrected chi connectivity index (χ3v) is 7.67. The van der Waals surface area contributed by atoms with Crippen molar-refractivity contribution in [1.29, 1.82) is 0 Å². The number of hydrogen-bond donors (Lipinski definition) is 0. The first-order valence-electron chi connectivity index (χ1n) is 10.3. The minimum atomic E-state index is -0.408. The Morgan fingerprint density at radius 1 is 0.455 bits per heavy atom. The van der Waals surface area contributed by atoms with E-state index in [0.29, 0.717) is 0 Å². The molecule has 0 atom stereocenters. The molecular formula is C20H43PS. The van der Waals surface area contributed by atoms with Crippen LogP contribution in [0, 0.1) is 0 Å².